The van der Waals surface area contributed by atoms with Gasteiger partial charge in [0.2, 0.25) is 5.82 Å². The van der Waals surface area contributed by atoms with Gasteiger partial charge in [0.1, 0.15) is 11.6 Å². The van der Waals surface area contributed by atoms with E-state index in [4.69, 9.17) is 4.74 Å². The van der Waals surface area contributed by atoms with E-state index in [2.05, 4.69) is 15.3 Å². The Kier molecular flexibility index (Phi) is 5.56. The Morgan fingerprint density at radius 2 is 1.78 bits per heavy atom. The number of aromatic amines is 1. The standard InChI is InChI=1S/C23H17F4N3O2/c1-32-15-8-9-16(17(24)12-15)21(31)30-20(13-5-3-2-4-6-13)14-7-10-18-19(11-14)29-22(28-18)23(25,26)27/h2-12,20H,1H3,(H,28,29)(H,30,31). The van der Waals surface area contributed by atoms with Crippen molar-refractivity contribution in [2.24, 2.45) is 0 Å². The van der Waals surface area contributed by atoms with Gasteiger partial charge in [-0.3, -0.25) is 4.79 Å². The Morgan fingerprint density at radius 1 is 1.03 bits per heavy atom. The van der Waals surface area contributed by atoms with E-state index in [1.807, 2.05) is 0 Å². The van der Waals surface area contributed by atoms with Crippen LogP contribution in [0.15, 0.2) is 66.7 Å². The molecule has 0 bridgehead atoms. The normalized spacial score (nSPS) is 12.5. The number of nitrogens with one attached hydrogen (secondary N) is 2. The van der Waals surface area contributed by atoms with Crippen LogP contribution in [-0.4, -0.2) is 23.0 Å². The van der Waals surface area contributed by atoms with Gasteiger partial charge in [-0.25, -0.2) is 9.37 Å². The fraction of sp³-hybridized carbons (Fsp3) is 0.130. The van der Waals surface area contributed by atoms with E-state index < -0.39 is 29.8 Å². The van der Waals surface area contributed by atoms with Crippen molar-refractivity contribution in [1.29, 1.82) is 0 Å². The van der Waals surface area contributed by atoms with Gasteiger partial charge < -0.3 is 15.0 Å². The Hall–Kier alpha value is -3.88. The first kappa shape index (κ1) is 21.4. The maximum atomic E-state index is 14.4. The summed E-state index contributed by atoms with van der Waals surface area (Å²) in [6.07, 6.45) is -4.61. The highest BCUT2D eigenvalue weighted by molar-refractivity contribution is 5.95. The van der Waals surface area contributed by atoms with Crippen molar-refractivity contribution >= 4 is 16.9 Å². The molecule has 1 amide bonds. The maximum absolute atomic E-state index is 14.4. The van der Waals surface area contributed by atoms with Crippen molar-refractivity contribution in [2.75, 3.05) is 7.11 Å². The van der Waals surface area contributed by atoms with Crippen LogP contribution in [0, 0.1) is 5.82 Å². The molecule has 1 heterocycles. The molecular weight excluding hydrogens is 426 g/mol. The molecule has 5 nitrogen and oxygen atoms in total. The fourth-order valence-electron chi connectivity index (χ4n) is 3.36. The van der Waals surface area contributed by atoms with Gasteiger partial charge in [-0.1, -0.05) is 36.4 Å². The summed E-state index contributed by atoms with van der Waals surface area (Å²) in [4.78, 5) is 18.7. The summed E-state index contributed by atoms with van der Waals surface area (Å²) in [5.74, 6) is -2.28. The number of H-pyrrole nitrogens is 1. The molecule has 0 aliphatic carbocycles. The number of imidazole rings is 1. The zero-order valence-electron chi connectivity index (χ0n) is 16.7. The van der Waals surface area contributed by atoms with Crippen molar-refractivity contribution in [3.8, 4) is 5.75 Å². The second-order valence-electron chi connectivity index (χ2n) is 7.02. The van der Waals surface area contributed by atoms with Gasteiger partial charge in [0.25, 0.3) is 5.91 Å². The number of amides is 1. The number of carbonyl (C=O) groups excluding carboxylic acids is 1. The summed E-state index contributed by atoms with van der Waals surface area (Å²) in [6.45, 7) is 0. The summed E-state index contributed by atoms with van der Waals surface area (Å²) >= 11 is 0. The first-order valence-corrected chi connectivity index (χ1v) is 9.52. The van der Waals surface area contributed by atoms with Gasteiger partial charge in [-0.2, -0.15) is 13.2 Å². The highest BCUT2D eigenvalue weighted by atomic mass is 19.4. The average Bonchev–Trinajstić information content (AvgIpc) is 3.22. The molecule has 0 radical (unpaired) electrons. The zero-order valence-corrected chi connectivity index (χ0v) is 16.7. The van der Waals surface area contributed by atoms with Crippen LogP contribution in [0.3, 0.4) is 0 Å². The van der Waals surface area contributed by atoms with Crippen LogP contribution in [-0.2, 0) is 6.18 Å². The van der Waals surface area contributed by atoms with Crippen molar-refractivity contribution in [2.45, 2.75) is 12.2 Å². The molecule has 164 valence electrons. The van der Waals surface area contributed by atoms with E-state index in [9.17, 15) is 22.4 Å². The lowest BCUT2D eigenvalue weighted by Crippen LogP contribution is -2.30. The van der Waals surface area contributed by atoms with E-state index in [0.29, 0.717) is 11.1 Å². The smallest absolute Gasteiger partial charge is 0.449 e. The average molecular weight is 443 g/mol. The quantitative estimate of drug-likeness (QED) is 0.414. The van der Waals surface area contributed by atoms with Crippen LogP contribution in [0.4, 0.5) is 17.6 Å². The number of fused-ring (bicyclic) bond motifs is 1. The number of methoxy groups -OCH3 is 1. The third kappa shape index (κ3) is 4.27. The molecule has 3 aromatic carbocycles. The molecular formula is C23H17F4N3O2. The van der Waals surface area contributed by atoms with Gasteiger partial charge in [-0.15, -0.1) is 0 Å². The first-order chi connectivity index (χ1) is 15.3. The maximum Gasteiger partial charge on any atom is 0.449 e. The molecule has 4 aromatic rings. The summed E-state index contributed by atoms with van der Waals surface area (Å²) in [6, 6.07) is 16.5. The van der Waals surface area contributed by atoms with Crippen LogP contribution < -0.4 is 10.1 Å². The zero-order chi connectivity index (χ0) is 22.9. The second-order valence-corrected chi connectivity index (χ2v) is 7.02. The Morgan fingerprint density at radius 3 is 2.44 bits per heavy atom. The van der Waals surface area contributed by atoms with Gasteiger partial charge >= 0.3 is 6.18 Å². The number of alkyl halides is 3. The van der Waals surface area contributed by atoms with Gasteiger partial charge in [0.05, 0.1) is 29.7 Å². The van der Waals surface area contributed by atoms with Gasteiger partial charge in [0, 0.05) is 6.07 Å². The molecule has 0 fully saturated rings. The Labute approximate surface area is 180 Å². The van der Waals surface area contributed by atoms with Crippen LogP contribution in [0.25, 0.3) is 11.0 Å². The van der Waals surface area contributed by atoms with Crippen molar-refractivity contribution in [3.05, 3.63) is 95.1 Å². The van der Waals surface area contributed by atoms with E-state index in [1.165, 1.54) is 31.4 Å². The predicted molar refractivity (Wildman–Crippen MR) is 110 cm³/mol. The number of hydrogen-bond donors (Lipinski definition) is 2. The number of rotatable bonds is 5. The lowest BCUT2D eigenvalue weighted by atomic mass is 9.97. The Bertz CT molecular complexity index is 1270. The molecule has 0 spiro atoms. The number of halogens is 4. The third-order valence-electron chi connectivity index (χ3n) is 4.94. The number of ether oxygens (including phenoxy) is 1. The predicted octanol–water partition coefficient (Wildman–Crippen LogP) is 5.25. The number of benzene rings is 3. The molecule has 9 heteroatoms. The largest absolute Gasteiger partial charge is 0.497 e. The summed E-state index contributed by atoms with van der Waals surface area (Å²) < 4.78 is 58.4. The minimum absolute atomic E-state index is 0.139. The molecule has 1 atom stereocenters. The number of carbonyl (C=O) groups is 1. The molecule has 0 aliphatic heterocycles. The van der Waals surface area contributed by atoms with E-state index >= 15 is 0 Å². The molecule has 0 saturated carbocycles. The molecule has 2 N–H and O–H groups in total. The minimum Gasteiger partial charge on any atom is -0.497 e. The SMILES string of the molecule is COc1ccc(C(=O)NC(c2ccccc2)c2ccc3nc(C(F)(F)F)[nH]c3c2)c(F)c1. The van der Waals surface area contributed by atoms with E-state index in [-0.39, 0.29) is 22.3 Å². The van der Waals surface area contributed by atoms with Crippen molar-refractivity contribution < 1.29 is 27.1 Å². The summed E-state index contributed by atoms with van der Waals surface area (Å²) in [7, 11) is 1.38. The van der Waals surface area contributed by atoms with E-state index in [0.717, 1.165) is 6.07 Å². The minimum atomic E-state index is -4.61. The molecule has 1 aromatic heterocycles. The van der Waals surface area contributed by atoms with Crippen LogP contribution >= 0.6 is 0 Å². The topological polar surface area (TPSA) is 67.0 Å². The molecule has 0 aliphatic rings. The second kappa shape index (κ2) is 8.33. The number of hydrogen-bond acceptors (Lipinski definition) is 3. The summed E-state index contributed by atoms with van der Waals surface area (Å²) in [5, 5.41) is 2.77. The lowest BCUT2D eigenvalue weighted by Gasteiger charge is -2.20. The monoisotopic (exact) mass is 443 g/mol. The first-order valence-electron chi connectivity index (χ1n) is 9.52. The molecule has 4 rings (SSSR count). The number of aromatic nitrogens is 2. The summed E-state index contributed by atoms with van der Waals surface area (Å²) in [5.41, 5.74) is 1.29. The fourth-order valence-corrected chi connectivity index (χ4v) is 3.36. The van der Waals surface area contributed by atoms with Gasteiger partial charge in [-0.05, 0) is 35.4 Å². The van der Waals surface area contributed by atoms with E-state index in [1.54, 1.807) is 36.4 Å². The van der Waals surface area contributed by atoms with Crippen molar-refractivity contribution in [3.63, 3.8) is 0 Å². The van der Waals surface area contributed by atoms with Gasteiger partial charge in [0.15, 0.2) is 0 Å². The highest BCUT2D eigenvalue weighted by Gasteiger charge is 2.34. The molecule has 0 saturated heterocycles. The third-order valence-corrected chi connectivity index (χ3v) is 4.94. The van der Waals surface area contributed by atoms with Crippen molar-refractivity contribution in [1.82, 2.24) is 15.3 Å². The molecule has 32 heavy (non-hydrogen) atoms. The lowest BCUT2D eigenvalue weighted by molar-refractivity contribution is -0.144. The Balaban J connectivity index is 1.72. The van der Waals surface area contributed by atoms with Crippen LogP contribution in [0.5, 0.6) is 5.75 Å². The molecule has 1 unspecified atom stereocenters. The van der Waals surface area contributed by atoms with Crippen LogP contribution in [0.1, 0.15) is 33.4 Å². The number of nitrogens with zero attached hydrogens (tertiary/aromatic N) is 1. The highest BCUT2D eigenvalue weighted by Crippen LogP contribution is 2.31. The van der Waals surface area contributed by atoms with Crippen LogP contribution in [0.2, 0.25) is 0 Å².